The molecule has 1 unspecified atom stereocenters. The third kappa shape index (κ3) is 7.97. The Morgan fingerprint density at radius 3 is 2.47 bits per heavy atom. The van der Waals surface area contributed by atoms with Crippen LogP contribution in [0, 0.1) is 0 Å². The van der Waals surface area contributed by atoms with Gasteiger partial charge in [0.2, 0.25) is 0 Å². The Morgan fingerprint density at radius 2 is 2.07 bits per heavy atom. The molecule has 0 aromatic heterocycles. The van der Waals surface area contributed by atoms with Crippen LogP contribution in [-0.2, 0) is 9.53 Å². The van der Waals surface area contributed by atoms with Gasteiger partial charge in [-0.25, -0.2) is 4.79 Å². The van der Waals surface area contributed by atoms with Crippen LogP contribution >= 0.6 is 0 Å². The van der Waals surface area contributed by atoms with Crippen molar-refractivity contribution >= 4 is 12.4 Å². The van der Waals surface area contributed by atoms with Crippen LogP contribution in [0.4, 0.5) is 4.79 Å². The summed E-state index contributed by atoms with van der Waals surface area (Å²) in [5.74, 6) is 0. The number of aldehydes is 1. The van der Waals surface area contributed by atoms with Gasteiger partial charge < -0.3 is 14.8 Å². The number of hydrogen-bond donors (Lipinski definition) is 1. The predicted octanol–water partition coefficient (Wildman–Crippen LogP) is 2.27. The van der Waals surface area contributed by atoms with Gasteiger partial charge in [-0.3, -0.25) is 0 Å². The summed E-state index contributed by atoms with van der Waals surface area (Å²) in [6.07, 6.45) is 2.38. The van der Waals surface area contributed by atoms with Crippen molar-refractivity contribution in [3.8, 4) is 0 Å². The summed E-state index contributed by atoms with van der Waals surface area (Å²) in [4.78, 5) is 21.6. The second kappa shape index (κ2) is 6.43. The van der Waals surface area contributed by atoms with E-state index in [-0.39, 0.29) is 6.04 Å². The van der Waals surface area contributed by atoms with Gasteiger partial charge in [0.1, 0.15) is 11.9 Å². The summed E-state index contributed by atoms with van der Waals surface area (Å²) in [6.45, 7) is 7.42. The van der Waals surface area contributed by atoms with Crippen LogP contribution in [0.5, 0.6) is 0 Å². The van der Waals surface area contributed by atoms with E-state index in [1.807, 2.05) is 27.7 Å². The SMILES string of the molecule is CCC(CCC=O)NC(=O)OC(C)(C)C. The number of rotatable bonds is 5. The molecular weight excluding hydrogens is 194 g/mol. The lowest BCUT2D eigenvalue weighted by molar-refractivity contribution is -0.108. The van der Waals surface area contributed by atoms with E-state index in [0.717, 1.165) is 12.7 Å². The van der Waals surface area contributed by atoms with E-state index in [1.165, 1.54) is 0 Å². The van der Waals surface area contributed by atoms with Crippen LogP contribution in [0.25, 0.3) is 0 Å². The standard InChI is InChI=1S/C11H21NO3/c1-5-9(7-6-8-13)12-10(14)15-11(2,3)4/h8-9H,5-7H2,1-4H3,(H,12,14). The first-order chi connectivity index (χ1) is 6.89. The topological polar surface area (TPSA) is 55.4 Å². The van der Waals surface area contributed by atoms with Crippen molar-refractivity contribution in [2.75, 3.05) is 0 Å². The Kier molecular flexibility index (Phi) is 5.97. The van der Waals surface area contributed by atoms with Crippen LogP contribution in [0.15, 0.2) is 0 Å². The summed E-state index contributed by atoms with van der Waals surface area (Å²) in [6, 6.07) is 0.0186. The number of nitrogens with one attached hydrogen (secondary N) is 1. The van der Waals surface area contributed by atoms with Gasteiger partial charge in [-0.1, -0.05) is 6.92 Å². The van der Waals surface area contributed by atoms with Crippen LogP contribution < -0.4 is 5.32 Å². The first-order valence-corrected chi connectivity index (χ1v) is 5.32. The zero-order valence-corrected chi connectivity index (χ0v) is 10.0. The molecule has 0 aliphatic rings. The molecule has 0 aliphatic heterocycles. The first-order valence-electron chi connectivity index (χ1n) is 5.32. The van der Waals surface area contributed by atoms with Gasteiger partial charge in [-0.2, -0.15) is 0 Å². The zero-order valence-electron chi connectivity index (χ0n) is 10.0. The maximum absolute atomic E-state index is 11.4. The molecule has 1 N–H and O–H groups in total. The van der Waals surface area contributed by atoms with E-state index in [9.17, 15) is 9.59 Å². The summed E-state index contributed by atoms with van der Waals surface area (Å²) in [5, 5.41) is 2.74. The Morgan fingerprint density at radius 1 is 1.47 bits per heavy atom. The van der Waals surface area contributed by atoms with Crippen molar-refractivity contribution in [3.05, 3.63) is 0 Å². The molecule has 1 amide bonds. The van der Waals surface area contributed by atoms with E-state index < -0.39 is 11.7 Å². The van der Waals surface area contributed by atoms with Gasteiger partial charge >= 0.3 is 6.09 Å². The molecule has 0 rings (SSSR count). The van der Waals surface area contributed by atoms with Crippen molar-refractivity contribution in [2.45, 2.75) is 58.6 Å². The Balaban J connectivity index is 3.95. The van der Waals surface area contributed by atoms with Crippen LogP contribution in [0.2, 0.25) is 0 Å². The summed E-state index contributed by atoms with van der Waals surface area (Å²) >= 11 is 0. The molecule has 0 saturated heterocycles. The smallest absolute Gasteiger partial charge is 0.407 e. The Labute approximate surface area is 91.4 Å². The highest BCUT2D eigenvalue weighted by molar-refractivity contribution is 5.68. The highest BCUT2D eigenvalue weighted by Crippen LogP contribution is 2.08. The molecule has 0 saturated carbocycles. The lowest BCUT2D eigenvalue weighted by atomic mass is 10.1. The zero-order chi connectivity index (χ0) is 11.9. The first kappa shape index (κ1) is 13.9. The molecule has 15 heavy (non-hydrogen) atoms. The minimum Gasteiger partial charge on any atom is -0.444 e. The average Bonchev–Trinajstić information content (AvgIpc) is 2.09. The quantitative estimate of drug-likeness (QED) is 0.716. The van der Waals surface area contributed by atoms with Gasteiger partial charge in [0, 0.05) is 12.5 Å². The van der Waals surface area contributed by atoms with Gasteiger partial charge in [0.05, 0.1) is 0 Å². The summed E-state index contributed by atoms with van der Waals surface area (Å²) in [7, 11) is 0. The number of hydrogen-bond acceptors (Lipinski definition) is 3. The average molecular weight is 215 g/mol. The molecule has 0 radical (unpaired) electrons. The maximum atomic E-state index is 11.4. The Hall–Kier alpha value is -1.06. The number of amides is 1. The normalized spacial score (nSPS) is 13.1. The second-order valence-corrected chi connectivity index (χ2v) is 4.50. The van der Waals surface area contributed by atoms with E-state index in [4.69, 9.17) is 4.74 Å². The molecule has 4 heteroatoms. The number of alkyl carbamates (subject to hydrolysis) is 1. The summed E-state index contributed by atoms with van der Waals surface area (Å²) < 4.78 is 5.11. The van der Waals surface area contributed by atoms with Crippen molar-refractivity contribution in [1.82, 2.24) is 5.32 Å². The molecule has 0 aromatic carbocycles. The van der Waals surface area contributed by atoms with E-state index >= 15 is 0 Å². The van der Waals surface area contributed by atoms with Gasteiger partial charge in [0.25, 0.3) is 0 Å². The molecule has 0 heterocycles. The van der Waals surface area contributed by atoms with Crippen molar-refractivity contribution in [2.24, 2.45) is 0 Å². The highest BCUT2D eigenvalue weighted by Gasteiger charge is 2.18. The molecule has 0 fully saturated rings. The molecule has 4 nitrogen and oxygen atoms in total. The molecule has 0 spiro atoms. The van der Waals surface area contributed by atoms with Gasteiger partial charge in [0.15, 0.2) is 0 Å². The molecule has 88 valence electrons. The Bertz CT molecular complexity index is 208. The molecule has 0 aliphatic carbocycles. The lowest BCUT2D eigenvalue weighted by Crippen LogP contribution is -2.38. The van der Waals surface area contributed by atoms with Crippen molar-refractivity contribution in [3.63, 3.8) is 0 Å². The number of ether oxygens (including phenoxy) is 1. The van der Waals surface area contributed by atoms with Crippen LogP contribution in [-0.4, -0.2) is 24.0 Å². The fourth-order valence-electron chi connectivity index (χ4n) is 1.12. The second-order valence-electron chi connectivity index (χ2n) is 4.50. The number of carbonyl (C=O) groups excluding carboxylic acids is 2. The van der Waals surface area contributed by atoms with Gasteiger partial charge in [-0.15, -0.1) is 0 Å². The molecule has 0 bridgehead atoms. The van der Waals surface area contributed by atoms with Crippen molar-refractivity contribution < 1.29 is 14.3 Å². The van der Waals surface area contributed by atoms with E-state index in [1.54, 1.807) is 0 Å². The predicted molar refractivity (Wildman–Crippen MR) is 58.7 cm³/mol. The highest BCUT2D eigenvalue weighted by atomic mass is 16.6. The molecule has 0 aromatic rings. The third-order valence-electron chi connectivity index (χ3n) is 1.85. The largest absolute Gasteiger partial charge is 0.444 e. The van der Waals surface area contributed by atoms with Crippen LogP contribution in [0.3, 0.4) is 0 Å². The van der Waals surface area contributed by atoms with E-state index in [2.05, 4.69) is 5.32 Å². The van der Waals surface area contributed by atoms with Gasteiger partial charge in [-0.05, 0) is 33.6 Å². The summed E-state index contributed by atoms with van der Waals surface area (Å²) in [5.41, 5.74) is -0.479. The fraction of sp³-hybridized carbons (Fsp3) is 0.818. The minimum atomic E-state index is -0.479. The monoisotopic (exact) mass is 215 g/mol. The lowest BCUT2D eigenvalue weighted by Gasteiger charge is -2.22. The number of carbonyl (C=O) groups is 2. The van der Waals surface area contributed by atoms with E-state index in [0.29, 0.717) is 12.8 Å². The maximum Gasteiger partial charge on any atom is 0.407 e. The van der Waals surface area contributed by atoms with Crippen molar-refractivity contribution in [1.29, 1.82) is 0 Å². The molecule has 1 atom stereocenters. The van der Waals surface area contributed by atoms with Crippen LogP contribution in [0.1, 0.15) is 47.0 Å². The molecular formula is C11H21NO3. The third-order valence-corrected chi connectivity index (χ3v) is 1.85. The fourth-order valence-corrected chi connectivity index (χ4v) is 1.12. The minimum absolute atomic E-state index is 0.0186.